The molecule has 124 valence electrons. The second-order valence-electron chi connectivity index (χ2n) is 6.73. The maximum Gasteiger partial charge on any atom is 0.223 e. The number of nitrogens with one attached hydrogen (secondary N) is 1. The van der Waals surface area contributed by atoms with E-state index in [2.05, 4.69) is 19.2 Å². The Morgan fingerprint density at radius 3 is 2.55 bits per heavy atom. The SMILES string of the molecule is CC(C)(CNC(=O)C1CCCC(N)C1)c1ccc(Cl)cc1.Cl. The minimum atomic E-state index is -0.114. The standard InChI is InChI=1S/C17H25ClN2O.ClH/c1-17(2,13-6-8-14(18)9-7-13)11-20-16(21)12-4-3-5-15(19)10-12;/h6-9,12,15H,3-5,10-11,19H2,1-2H3,(H,20,21);1H. The highest BCUT2D eigenvalue weighted by atomic mass is 35.5. The van der Waals surface area contributed by atoms with Crippen LogP contribution in [0.1, 0.15) is 45.1 Å². The molecular formula is C17H26Cl2N2O. The van der Waals surface area contributed by atoms with Gasteiger partial charge in [0.25, 0.3) is 0 Å². The zero-order valence-corrected chi connectivity index (χ0v) is 14.8. The second-order valence-corrected chi connectivity index (χ2v) is 7.17. The zero-order chi connectivity index (χ0) is 15.5. The number of nitrogens with two attached hydrogens (primary N) is 1. The third kappa shape index (κ3) is 5.15. The van der Waals surface area contributed by atoms with E-state index < -0.39 is 0 Å². The van der Waals surface area contributed by atoms with Crippen LogP contribution in [-0.4, -0.2) is 18.5 Å². The topological polar surface area (TPSA) is 55.1 Å². The van der Waals surface area contributed by atoms with Gasteiger partial charge in [-0.1, -0.05) is 44.0 Å². The largest absolute Gasteiger partial charge is 0.355 e. The molecule has 2 rings (SSSR count). The van der Waals surface area contributed by atoms with E-state index in [9.17, 15) is 4.79 Å². The van der Waals surface area contributed by atoms with Crippen molar-refractivity contribution >= 4 is 29.9 Å². The third-order valence-corrected chi connectivity index (χ3v) is 4.67. The Hall–Kier alpha value is -0.770. The molecule has 0 spiro atoms. The number of carbonyl (C=O) groups is 1. The fourth-order valence-electron chi connectivity index (χ4n) is 2.92. The summed E-state index contributed by atoms with van der Waals surface area (Å²) in [6.07, 6.45) is 3.87. The van der Waals surface area contributed by atoms with Gasteiger partial charge in [-0.15, -0.1) is 12.4 Å². The number of benzene rings is 1. The Balaban J connectivity index is 0.00000242. The highest BCUT2D eigenvalue weighted by Crippen LogP contribution is 2.26. The van der Waals surface area contributed by atoms with Gasteiger partial charge >= 0.3 is 0 Å². The fraction of sp³-hybridized carbons (Fsp3) is 0.588. The first-order valence-electron chi connectivity index (χ1n) is 7.68. The van der Waals surface area contributed by atoms with Crippen LogP contribution in [0.25, 0.3) is 0 Å². The van der Waals surface area contributed by atoms with E-state index in [1.165, 1.54) is 5.56 Å². The first-order valence-corrected chi connectivity index (χ1v) is 8.05. The summed E-state index contributed by atoms with van der Waals surface area (Å²) in [5.74, 6) is 0.224. The smallest absolute Gasteiger partial charge is 0.223 e. The van der Waals surface area contributed by atoms with Gasteiger partial charge in [0.1, 0.15) is 0 Å². The Labute approximate surface area is 144 Å². The van der Waals surface area contributed by atoms with Crippen molar-refractivity contribution in [2.75, 3.05) is 6.54 Å². The van der Waals surface area contributed by atoms with Crippen LogP contribution in [0.15, 0.2) is 24.3 Å². The van der Waals surface area contributed by atoms with Crippen molar-refractivity contribution < 1.29 is 4.79 Å². The molecular weight excluding hydrogens is 319 g/mol. The monoisotopic (exact) mass is 344 g/mol. The molecule has 0 radical (unpaired) electrons. The maximum atomic E-state index is 12.3. The lowest BCUT2D eigenvalue weighted by atomic mass is 9.83. The Kier molecular flexibility index (Phi) is 7.17. The van der Waals surface area contributed by atoms with Crippen LogP contribution < -0.4 is 11.1 Å². The van der Waals surface area contributed by atoms with E-state index in [0.29, 0.717) is 6.54 Å². The normalized spacial score (nSPS) is 21.8. The van der Waals surface area contributed by atoms with Gasteiger partial charge in [-0.2, -0.15) is 0 Å². The summed E-state index contributed by atoms with van der Waals surface area (Å²) in [7, 11) is 0. The summed E-state index contributed by atoms with van der Waals surface area (Å²) in [5.41, 5.74) is 7.02. The van der Waals surface area contributed by atoms with E-state index in [-0.39, 0.29) is 35.7 Å². The Bertz CT molecular complexity index is 488. The van der Waals surface area contributed by atoms with Gasteiger partial charge in [0.15, 0.2) is 0 Å². The third-order valence-electron chi connectivity index (χ3n) is 4.42. The van der Waals surface area contributed by atoms with Gasteiger partial charge in [-0.05, 0) is 37.0 Å². The molecule has 2 unspecified atom stereocenters. The lowest BCUT2D eigenvalue weighted by Gasteiger charge is -2.29. The zero-order valence-electron chi connectivity index (χ0n) is 13.3. The molecule has 1 amide bonds. The molecule has 0 heterocycles. The molecule has 0 bridgehead atoms. The van der Waals surface area contributed by atoms with Crippen LogP contribution in [0.4, 0.5) is 0 Å². The lowest BCUT2D eigenvalue weighted by molar-refractivity contribution is -0.126. The molecule has 3 N–H and O–H groups in total. The quantitative estimate of drug-likeness (QED) is 0.875. The Morgan fingerprint density at radius 1 is 1.32 bits per heavy atom. The molecule has 1 fully saturated rings. The average molecular weight is 345 g/mol. The van der Waals surface area contributed by atoms with Gasteiger partial charge in [-0.25, -0.2) is 0 Å². The highest BCUT2D eigenvalue weighted by Gasteiger charge is 2.27. The van der Waals surface area contributed by atoms with Crippen molar-refractivity contribution in [1.29, 1.82) is 0 Å². The Morgan fingerprint density at radius 2 is 1.95 bits per heavy atom. The average Bonchev–Trinajstić information content (AvgIpc) is 2.45. The van der Waals surface area contributed by atoms with Crippen molar-refractivity contribution in [2.24, 2.45) is 11.7 Å². The second kappa shape index (κ2) is 8.19. The van der Waals surface area contributed by atoms with E-state index in [0.717, 1.165) is 30.7 Å². The van der Waals surface area contributed by atoms with Crippen molar-refractivity contribution in [3.05, 3.63) is 34.9 Å². The molecule has 0 aromatic heterocycles. The number of carbonyl (C=O) groups excluding carboxylic acids is 1. The van der Waals surface area contributed by atoms with Crippen molar-refractivity contribution in [3.63, 3.8) is 0 Å². The van der Waals surface area contributed by atoms with E-state index >= 15 is 0 Å². The van der Waals surface area contributed by atoms with E-state index in [1.807, 2.05) is 24.3 Å². The number of hydrogen-bond donors (Lipinski definition) is 2. The molecule has 22 heavy (non-hydrogen) atoms. The highest BCUT2D eigenvalue weighted by molar-refractivity contribution is 6.30. The molecule has 1 saturated carbocycles. The number of amides is 1. The van der Waals surface area contributed by atoms with Crippen LogP contribution >= 0.6 is 24.0 Å². The van der Waals surface area contributed by atoms with Crippen LogP contribution in [0.5, 0.6) is 0 Å². The van der Waals surface area contributed by atoms with Gasteiger partial charge < -0.3 is 11.1 Å². The summed E-state index contributed by atoms with van der Waals surface area (Å²) in [6.45, 7) is 4.88. The molecule has 0 saturated heterocycles. The van der Waals surface area contributed by atoms with E-state index in [1.54, 1.807) is 0 Å². The van der Waals surface area contributed by atoms with Crippen LogP contribution in [0.3, 0.4) is 0 Å². The molecule has 2 atom stereocenters. The summed E-state index contributed by atoms with van der Waals surface area (Å²) in [6, 6.07) is 8.00. The molecule has 3 nitrogen and oxygen atoms in total. The molecule has 1 aromatic carbocycles. The number of hydrogen-bond acceptors (Lipinski definition) is 2. The number of halogens is 2. The summed E-state index contributed by atoms with van der Waals surface area (Å²) >= 11 is 5.92. The predicted octanol–water partition coefficient (Wildman–Crippen LogP) is 3.67. The fourth-order valence-corrected chi connectivity index (χ4v) is 3.05. The minimum absolute atomic E-state index is 0. The number of rotatable bonds is 4. The van der Waals surface area contributed by atoms with Gasteiger partial charge in [0.2, 0.25) is 5.91 Å². The first-order chi connectivity index (χ1) is 9.88. The minimum Gasteiger partial charge on any atom is -0.355 e. The van der Waals surface area contributed by atoms with E-state index in [4.69, 9.17) is 17.3 Å². The molecule has 0 aliphatic heterocycles. The van der Waals surface area contributed by atoms with Crippen molar-refractivity contribution in [2.45, 2.75) is 51.0 Å². The summed E-state index contributed by atoms with van der Waals surface area (Å²) in [4.78, 5) is 12.3. The lowest BCUT2D eigenvalue weighted by Crippen LogP contribution is -2.42. The van der Waals surface area contributed by atoms with Gasteiger partial charge in [-0.3, -0.25) is 4.79 Å². The van der Waals surface area contributed by atoms with Crippen molar-refractivity contribution in [3.8, 4) is 0 Å². The van der Waals surface area contributed by atoms with Gasteiger partial charge in [0, 0.05) is 28.9 Å². The van der Waals surface area contributed by atoms with Crippen LogP contribution in [-0.2, 0) is 10.2 Å². The van der Waals surface area contributed by atoms with Crippen molar-refractivity contribution in [1.82, 2.24) is 5.32 Å². The maximum absolute atomic E-state index is 12.3. The van der Waals surface area contributed by atoms with Crippen LogP contribution in [0.2, 0.25) is 5.02 Å². The molecule has 1 aromatic rings. The summed E-state index contributed by atoms with van der Waals surface area (Å²) in [5, 5.41) is 3.83. The van der Waals surface area contributed by atoms with Crippen LogP contribution in [0, 0.1) is 5.92 Å². The first kappa shape index (κ1) is 19.3. The molecule has 1 aliphatic carbocycles. The predicted molar refractivity (Wildman–Crippen MR) is 94.7 cm³/mol. The molecule has 1 aliphatic rings. The van der Waals surface area contributed by atoms with Gasteiger partial charge in [0.05, 0.1) is 0 Å². The molecule has 5 heteroatoms. The summed E-state index contributed by atoms with van der Waals surface area (Å²) < 4.78 is 0.